The molecule has 3 nitrogen and oxygen atoms in total. The highest BCUT2D eigenvalue weighted by Crippen LogP contribution is 2.30. The molecule has 108 valence electrons. The van der Waals surface area contributed by atoms with Gasteiger partial charge in [-0.05, 0) is 71.2 Å². The van der Waals surface area contributed by atoms with Crippen LogP contribution in [0.5, 0.6) is 11.5 Å². The van der Waals surface area contributed by atoms with Gasteiger partial charge in [-0.15, -0.1) is 0 Å². The van der Waals surface area contributed by atoms with E-state index in [2.05, 4.69) is 12.1 Å². The van der Waals surface area contributed by atoms with Crippen molar-refractivity contribution in [3.05, 3.63) is 23.8 Å². The van der Waals surface area contributed by atoms with Crippen LogP contribution >= 0.6 is 0 Å². The van der Waals surface area contributed by atoms with Crippen molar-refractivity contribution >= 4 is 0 Å². The monoisotopic (exact) mass is 265 g/mol. The minimum atomic E-state index is 0.147. The summed E-state index contributed by atoms with van der Waals surface area (Å²) in [4.78, 5) is 0. The highest BCUT2D eigenvalue weighted by atomic mass is 16.5. The lowest BCUT2D eigenvalue weighted by atomic mass is 10.1. The number of hydrogen-bond donors (Lipinski definition) is 1. The molecule has 0 saturated carbocycles. The fraction of sp³-hybridized carbons (Fsp3) is 0.625. The summed E-state index contributed by atoms with van der Waals surface area (Å²) in [7, 11) is 0. The van der Waals surface area contributed by atoms with Gasteiger partial charge in [-0.25, -0.2) is 0 Å². The summed E-state index contributed by atoms with van der Waals surface area (Å²) in [6.07, 6.45) is 3.51. The van der Waals surface area contributed by atoms with Crippen LogP contribution in [0.2, 0.25) is 0 Å². The van der Waals surface area contributed by atoms with E-state index in [0.717, 1.165) is 37.3 Å². The average Bonchev–Trinajstić information content (AvgIpc) is 2.31. The first-order valence-corrected chi connectivity index (χ1v) is 7.19. The topological polar surface area (TPSA) is 44.5 Å². The lowest BCUT2D eigenvalue weighted by Crippen LogP contribution is -2.11. The minimum absolute atomic E-state index is 0.147. The largest absolute Gasteiger partial charge is 0.487 e. The summed E-state index contributed by atoms with van der Waals surface area (Å²) in [6.45, 7) is 8.85. The van der Waals surface area contributed by atoms with Gasteiger partial charge in [0.2, 0.25) is 0 Å². The predicted octanol–water partition coefficient (Wildman–Crippen LogP) is 3.54. The summed E-state index contributed by atoms with van der Waals surface area (Å²) in [5.74, 6) is 1.67. The van der Waals surface area contributed by atoms with E-state index < -0.39 is 0 Å². The van der Waals surface area contributed by atoms with Gasteiger partial charge >= 0.3 is 0 Å². The van der Waals surface area contributed by atoms with Crippen molar-refractivity contribution in [2.45, 2.75) is 59.2 Å². The first kappa shape index (κ1) is 15.8. The Bertz CT molecular complexity index is 375. The summed E-state index contributed by atoms with van der Waals surface area (Å²) < 4.78 is 11.6. The second kappa shape index (κ2) is 8.05. The molecular formula is C16H27NO2. The third-order valence-corrected chi connectivity index (χ3v) is 2.65. The van der Waals surface area contributed by atoms with Crippen LogP contribution in [0.25, 0.3) is 0 Å². The second-order valence-corrected chi connectivity index (χ2v) is 5.36. The van der Waals surface area contributed by atoms with Crippen LogP contribution in [0.1, 0.15) is 46.1 Å². The molecule has 0 fully saturated rings. The molecule has 0 spiro atoms. The van der Waals surface area contributed by atoms with E-state index >= 15 is 0 Å². The quantitative estimate of drug-likeness (QED) is 0.731. The maximum atomic E-state index is 5.84. The molecule has 0 saturated heterocycles. The molecule has 0 aliphatic carbocycles. The third kappa shape index (κ3) is 5.97. The fourth-order valence-electron chi connectivity index (χ4n) is 1.88. The van der Waals surface area contributed by atoms with Gasteiger partial charge in [-0.3, -0.25) is 0 Å². The van der Waals surface area contributed by atoms with Crippen molar-refractivity contribution in [3.8, 4) is 11.5 Å². The van der Waals surface area contributed by atoms with Crippen molar-refractivity contribution in [1.82, 2.24) is 0 Å². The Labute approximate surface area is 117 Å². The van der Waals surface area contributed by atoms with Crippen LogP contribution in [-0.2, 0) is 6.42 Å². The lowest BCUT2D eigenvalue weighted by molar-refractivity contribution is 0.198. The van der Waals surface area contributed by atoms with Gasteiger partial charge in [0.15, 0.2) is 11.5 Å². The Morgan fingerprint density at radius 3 is 2.16 bits per heavy atom. The number of rotatable bonds is 8. The standard InChI is InChI=1S/C16H27NO2/c1-12(2)18-15-9-8-14(7-5-6-10-17)11-16(15)19-13(3)4/h8-9,11-13H,5-7,10,17H2,1-4H3. The highest BCUT2D eigenvalue weighted by molar-refractivity contribution is 5.43. The molecule has 3 heteroatoms. The summed E-state index contributed by atoms with van der Waals surface area (Å²) in [6, 6.07) is 6.21. The normalized spacial score (nSPS) is 11.1. The summed E-state index contributed by atoms with van der Waals surface area (Å²) >= 11 is 0. The van der Waals surface area contributed by atoms with Crippen LogP contribution in [0.4, 0.5) is 0 Å². The molecule has 0 amide bonds. The van der Waals surface area contributed by atoms with E-state index in [4.69, 9.17) is 15.2 Å². The Morgan fingerprint density at radius 1 is 0.947 bits per heavy atom. The van der Waals surface area contributed by atoms with Gasteiger partial charge in [0.05, 0.1) is 12.2 Å². The Morgan fingerprint density at radius 2 is 1.58 bits per heavy atom. The molecule has 0 aromatic heterocycles. The van der Waals surface area contributed by atoms with E-state index in [1.165, 1.54) is 5.56 Å². The number of nitrogens with two attached hydrogens (primary N) is 1. The zero-order chi connectivity index (χ0) is 14.3. The van der Waals surface area contributed by atoms with Crippen LogP contribution in [0.3, 0.4) is 0 Å². The zero-order valence-electron chi connectivity index (χ0n) is 12.6. The minimum Gasteiger partial charge on any atom is -0.487 e. The van der Waals surface area contributed by atoms with E-state index in [9.17, 15) is 0 Å². The van der Waals surface area contributed by atoms with Gasteiger partial charge in [-0.2, -0.15) is 0 Å². The molecular weight excluding hydrogens is 238 g/mol. The SMILES string of the molecule is CC(C)Oc1ccc(CCCCN)cc1OC(C)C. The fourth-order valence-corrected chi connectivity index (χ4v) is 1.88. The van der Waals surface area contributed by atoms with Gasteiger partial charge in [0.25, 0.3) is 0 Å². The van der Waals surface area contributed by atoms with Crippen molar-refractivity contribution < 1.29 is 9.47 Å². The molecule has 0 bridgehead atoms. The molecule has 0 radical (unpaired) electrons. The smallest absolute Gasteiger partial charge is 0.161 e. The molecule has 0 atom stereocenters. The van der Waals surface area contributed by atoms with Crippen LogP contribution in [0, 0.1) is 0 Å². The Balaban J connectivity index is 2.81. The number of benzene rings is 1. The lowest BCUT2D eigenvalue weighted by Gasteiger charge is -2.18. The molecule has 0 aliphatic heterocycles. The zero-order valence-corrected chi connectivity index (χ0v) is 12.6. The molecule has 0 heterocycles. The molecule has 2 N–H and O–H groups in total. The number of unbranched alkanes of at least 4 members (excludes halogenated alkanes) is 1. The summed E-state index contributed by atoms with van der Waals surface area (Å²) in [5.41, 5.74) is 6.80. The Hall–Kier alpha value is -1.22. The van der Waals surface area contributed by atoms with Crippen molar-refractivity contribution in [2.75, 3.05) is 6.54 Å². The van der Waals surface area contributed by atoms with Crippen molar-refractivity contribution in [2.24, 2.45) is 5.73 Å². The number of ether oxygens (including phenoxy) is 2. The average molecular weight is 265 g/mol. The van der Waals surface area contributed by atoms with Crippen LogP contribution in [0.15, 0.2) is 18.2 Å². The highest BCUT2D eigenvalue weighted by Gasteiger charge is 2.10. The Kier molecular flexibility index (Phi) is 6.71. The van der Waals surface area contributed by atoms with E-state index in [0.29, 0.717) is 0 Å². The van der Waals surface area contributed by atoms with Crippen molar-refractivity contribution in [3.63, 3.8) is 0 Å². The van der Waals surface area contributed by atoms with Gasteiger partial charge in [0, 0.05) is 0 Å². The number of hydrogen-bond acceptors (Lipinski definition) is 3. The first-order chi connectivity index (χ1) is 9.02. The second-order valence-electron chi connectivity index (χ2n) is 5.36. The molecule has 1 aromatic rings. The maximum Gasteiger partial charge on any atom is 0.161 e. The van der Waals surface area contributed by atoms with Gasteiger partial charge in [-0.1, -0.05) is 6.07 Å². The van der Waals surface area contributed by atoms with E-state index in [1.54, 1.807) is 0 Å². The van der Waals surface area contributed by atoms with E-state index in [-0.39, 0.29) is 12.2 Å². The molecule has 0 aliphatic rings. The predicted molar refractivity (Wildman–Crippen MR) is 80.0 cm³/mol. The summed E-state index contributed by atoms with van der Waals surface area (Å²) in [5, 5.41) is 0. The van der Waals surface area contributed by atoms with Crippen LogP contribution in [-0.4, -0.2) is 18.8 Å². The van der Waals surface area contributed by atoms with Gasteiger partial charge in [0.1, 0.15) is 0 Å². The molecule has 1 aromatic carbocycles. The van der Waals surface area contributed by atoms with Gasteiger partial charge < -0.3 is 15.2 Å². The molecule has 0 unspecified atom stereocenters. The third-order valence-electron chi connectivity index (χ3n) is 2.65. The van der Waals surface area contributed by atoms with Crippen LogP contribution < -0.4 is 15.2 Å². The van der Waals surface area contributed by atoms with E-state index in [1.807, 2.05) is 33.8 Å². The molecule has 1 rings (SSSR count). The van der Waals surface area contributed by atoms with Crippen molar-refractivity contribution in [1.29, 1.82) is 0 Å². The molecule has 19 heavy (non-hydrogen) atoms. The number of aryl methyl sites for hydroxylation is 1. The first-order valence-electron chi connectivity index (χ1n) is 7.19. The maximum absolute atomic E-state index is 5.84.